The molecule has 7 heteroatoms. The first kappa shape index (κ1) is 17.8. The highest BCUT2D eigenvalue weighted by molar-refractivity contribution is 7.88. The van der Waals surface area contributed by atoms with Crippen LogP contribution in [0, 0.1) is 11.6 Å². The van der Waals surface area contributed by atoms with Gasteiger partial charge in [-0.1, -0.05) is 42.8 Å². The van der Waals surface area contributed by atoms with E-state index in [1.165, 1.54) is 6.07 Å². The summed E-state index contributed by atoms with van der Waals surface area (Å²) in [4.78, 5) is 0. The first-order valence-electron chi connectivity index (χ1n) is 6.99. The van der Waals surface area contributed by atoms with Crippen molar-refractivity contribution in [3.05, 3.63) is 70.2 Å². The molecule has 0 fully saturated rings. The van der Waals surface area contributed by atoms with Gasteiger partial charge >= 0.3 is 0 Å². The topological polar surface area (TPSA) is 37.4 Å². The minimum absolute atomic E-state index is 0.0978. The molecule has 0 aliphatic carbocycles. The molecule has 0 heterocycles. The molecular weight excluding hydrogens is 344 g/mol. The van der Waals surface area contributed by atoms with Crippen molar-refractivity contribution in [3.63, 3.8) is 0 Å². The molecule has 3 nitrogen and oxygen atoms in total. The van der Waals surface area contributed by atoms with Crippen molar-refractivity contribution in [1.29, 1.82) is 0 Å². The van der Waals surface area contributed by atoms with Crippen LogP contribution in [0.1, 0.15) is 18.1 Å². The Morgan fingerprint density at radius 3 is 2.22 bits per heavy atom. The first-order valence-corrected chi connectivity index (χ1v) is 8.98. The summed E-state index contributed by atoms with van der Waals surface area (Å²) >= 11 is 5.99. The summed E-state index contributed by atoms with van der Waals surface area (Å²) in [5, 5.41) is 0.337. The van der Waals surface area contributed by atoms with E-state index in [1.54, 1.807) is 31.2 Å². The zero-order chi connectivity index (χ0) is 17.0. The molecule has 2 rings (SSSR count). The van der Waals surface area contributed by atoms with Gasteiger partial charge in [0.15, 0.2) is 0 Å². The lowest BCUT2D eigenvalue weighted by molar-refractivity contribution is 0.404. The van der Waals surface area contributed by atoms with Gasteiger partial charge in [0.25, 0.3) is 0 Å². The van der Waals surface area contributed by atoms with Gasteiger partial charge in [0.05, 0.1) is 5.75 Å². The monoisotopic (exact) mass is 359 g/mol. The van der Waals surface area contributed by atoms with Crippen molar-refractivity contribution in [3.8, 4) is 0 Å². The second kappa shape index (κ2) is 7.38. The smallest absolute Gasteiger partial charge is 0.212 e. The quantitative estimate of drug-likeness (QED) is 0.782. The van der Waals surface area contributed by atoms with Crippen LogP contribution in [-0.4, -0.2) is 19.3 Å². The lowest BCUT2D eigenvalue weighted by Crippen LogP contribution is -2.32. The SMILES string of the molecule is CCN(Cc1c(F)cccc1F)S(=O)(=O)Cc1ccccc1Cl. The Morgan fingerprint density at radius 2 is 1.65 bits per heavy atom. The molecule has 0 aliphatic heterocycles. The second-order valence-electron chi connectivity index (χ2n) is 4.97. The van der Waals surface area contributed by atoms with Gasteiger partial charge in [0.2, 0.25) is 10.0 Å². The van der Waals surface area contributed by atoms with Gasteiger partial charge in [-0.3, -0.25) is 0 Å². The summed E-state index contributed by atoms with van der Waals surface area (Å²) in [6.45, 7) is 1.35. The van der Waals surface area contributed by atoms with Gasteiger partial charge in [0, 0.05) is 23.7 Å². The summed E-state index contributed by atoms with van der Waals surface area (Å²) in [6, 6.07) is 10.0. The Kier molecular flexibility index (Phi) is 5.73. The fourth-order valence-electron chi connectivity index (χ4n) is 2.17. The summed E-state index contributed by atoms with van der Waals surface area (Å²) in [5.41, 5.74) is 0.179. The highest BCUT2D eigenvalue weighted by Crippen LogP contribution is 2.22. The van der Waals surface area contributed by atoms with Gasteiger partial charge in [0.1, 0.15) is 11.6 Å². The fourth-order valence-corrected chi connectivity index (χ4v) is 4.00. The van der Waals surface area contributed by atoms with E-state index in [9.17, 15) is 17.2 Å². The molecule has 23 heavy (non-hydrogen) atoms. The maximum atomic E-state index is 13.7. The molecule has 0 aliphatic rings. The maximum Gasteiger partial charge on any atom is 0.218 e. The molecule has 0 aromatic heterocycles. The van der Waals surface area contributed by atoms with Gasteiger partial charge < -0.3 is 0 Å². The summed E-state index contributed by atoms with van der Waals surface area (Å²) < 4.78 is 53.6. The molecule has 2 aromatic carbocycles. The summed E-state index contributed by atoms with van der Waals surface area (Å²) in [7, 11) is -3.76. The van der Waals surface area contributed by atoms with Crippen LogP contribution in [0.5, 0.6) is 0 Å². The van der Waals surface area contributed by atoms with E-state index in [2.05, 4.69) is 0 Å². The summed E-state index contributed by atoms with van der Waals surface area (Å²) in [5.74, 6) is -1.86. The molecule has 2 aromatic rings. The Morgan fingerprint density at radius 1 is 1.04 bits per heavy atom. The van der Waals surface area contributed by atoms with Crippen LogP contribution in [0.4, 0.5) is 8.78 Å². The van der Waals surface area contributed by atoms with Crippen molar-refractivity contribution >= 4 is 21.6 Å². The van der Waals surface area contributed by atoms with Crippen molar-refractivity contribution in [2.45, 2.75) is 19.2 Å². The average Bonchev–Trinajstić information content (AvgIpc) is 2.49. The molecule has 0 atom stereocenters. The van der Waals surface area contributed by atoms with E-state index < -0.39 is 21.7 Å². The van der Waals surface area contributed by atoms with Crippen molar-refractivity contribution in [2.24, 2.45) is 0 Å². The normalized spacial score (nSPS) is 11.9. The van der Waals surface area contributed by atoms with E-state index in [0.717, 1.165) is 16.4 Å². The first-order chi connectivity index (χ1) is 10.8. The van der Waals surface area contributed by atoms with Crippen LogP contribution < -0.4 is 0 Å². The molecule has 0 amide bonds. The number of nitrogens with zero attached hydrogens (tertiary/aromatic N) is 1. The largest absolute Gasteiger partial charge is 0.218 e. The molecule has 0 radical (unpaired) electrons. The molecule has 0 spiro atoms. The molecule has 0 saturated carbocycles. The van der Waals surface area contributed by atoms with E-state index in [1.807, 2.05) is 0 Å². The molecule has 124 valence electrons. The van der Waals surface area contributed by atoms with E-state index in [0.29, 0.717) is 10.6 Å². The Balaban J connectivity index is 2.27. The van der Waals surface area contributed by atoms with Crippen LogP contribution in [0.15, 0.2) is 42.5 Å². The molecular formula is C16H16ClF2NO2S. The van der Waals surface area contributed by atoms with E-state index in [-0.39, 0.29) is 24.4 Å². The number of sulfonamides is 1. The number of halogens is 3. The minimum Gasteiger partial charge on any atom is -0.212 e. The second-order valence-corrected chi connectivity index (χ2v) is 7.35. The van der Waals surface area contributed by atoms with Crippen molar-refractivity contribution in [2.75, 3.05) is 6.54 Å². The van der Waals surface area contributed by atoms with Crippen LogP contribution in [-0.2, 0) is 22.3 Å². The highest BCUT2D eigenvalue weighted by atomic mass is 35.5. The third kappa shape index (κ3) is 4.28. The number of rotatable bonds is 6. The van der Waals surface area contributed by atoms with E-state index >= 15 is 0 Å². The third-order valence-electron chi connectivity index (χ3n) is 3.44. The van der Waals surface area contributed by atoms with Gasteiger partial charge in [-0.15, -0.1) is 0 Å². The highest BCUT2D eigenvalue weighted by Gasteiger charge is 2.24. The molecule has 0 bridgehead atoms. The van der Waals surface area contributed by atoms with Crippen LogP contribution in [0.3, 0.4) is 0 Å². The van der Waals surface area contributed by atoms with Crippen molar-refractivity contribution < 1.29 is 17.2 Å². The van der Waals surface area contributed by atoms with Gasteiger partial charge in [-0.25, -0.2) is 17.2 Å². The Bertz CT molecular complexity index is 776. The third-order valence-corrected chi connectivity index (χ3v) is 5.66. The van der Waals surface area contributed by atoms with E-state index in [4.69, 9.17) is 11.6 Å². The lowest BCUT2D eigenvalue weighted by atomic mass is 10.2. The molecule has 0 unspecified atom stereocenters. The Labute approximate surface area is 139 Å². The van der Waals surface area contributed by atoms with Crippen LogP contribution in [0.25, 0.3) is 0 Å². The lowest BCUT2D eigenvalue weighted by Gasteiger charge is -2.21. The van der Waals surface area contributed by atoms with Crippen LogP contribution >= 0.6 is 11.6 Å². The Hall–Kier alpha value is -1.50. The number of hydrogen-bond acceptors (Lipinski definition) is 2. The molecule has 0 saturated heterocycles. The summed E-state index contributed by atoms with van der Waals surface area (Å²) in [6.07, 6.45) is 0. The fraction of sp³-hybridized carbons (Fsp3) is 0.250. The maximum absolute atomic E-state index is 13.7. The zero-order valence-electron chi connectivity index (χ0n) is 12.5. The van der Waals surface area contributed by atoms with Gasteiger partial charge in [-0.2, -0.15) is 4.31 Å². The number of benzene rings is 2. The predicted octanol–water partition coefficient (Wildman–Crippen LogP) is 3.97. The standard InChI is InChI=1S/C16H16ClF2NO2S/c1-2-20(10-13-15(18)8-5-9-16(13)19)23(21,22)11-12-6-3-4-7-14(12)17/h3-9H,2,10-11H2,1H3. The van der Waals surface area contributed by atoms with Crippen molar-refractivity contribution in [1.82, 2.24) is 4.31 Å². The number of hydrogen-bond donors (Lipinski definition) is 0. The molecule has 0 N–H and O–H groups in total. The minimum atomic E-state index is -3.76. The predicted molar refractivity (Wildman–Crippen MR) is 86.5 cm³/mol. The average molecular weight is 360 g/mol. The zero-order valence-corrected chi connectivity index (χ0v) is 14.0. The van der Waals surface area contributed by atoms with Crippen LogP contribution in [0.2, 0.25) is 5.02 Å². The van der Waals surface area contributed by atoms with Gasteiger partial charge in [-0.05, 0) is 23.8 Å².